The van der Waals surface area contributed by atoms with Crippen molar-refractivity contribution >= 4 is 29.5 Å². The molecule has 0 saturated heterocycles. The number of aromatic nitrogens is 2. The van der Waals surface area contributed by atoms with Gasteiger partial charge in [-0.1, -0.05) is 30.3 Å². The average molecular weight is 369 g/mol. The lowest BCUT2D eigenvalue weighted by Gasteiger charge is -2.19. The number of carboxylic acid groups (broad SMARTS) is 1. The van der Waals surface area contributed by atoms with Crippen molar-refractivity contribution in [3.63, 3.8) is 0 Å². The van der Waals surface area contributed by atoms with Gasteiger partial charge in [0.2, 0.25) is 5.91 Å². The van der Waals surface area contributed by atoms with Gasteiger partial charge in [0.25, 0.3) is 0 Å². The van der Waals surface area contributed by atoms with Crippen molar-refractivity contribution in [1.82, 2.24) is 10.2 Å². The highest BCUT2D eigenvalue weighted by Gasteiger charge is 2.36. The van der Waals surface area contributed by atoms with Gasteiger partial charge in [-0.25, -0.2) is 0 Å². The van der Waals surface area contributed by atoms with Gasteiger partial charge in [-0.3, -0.25) is 14.7 Å². The van der Waals surface area contributed by atoms with E-state index in [1.165, 1.54) is 11.8 Å². The molecule has 8 heteroatoms. The Hall–Kier alpha value is -3.00. The summed E-state index contributed by atoms with van der Waals surface area (Å²) in [7, 11) is 0. The van der Waals surface area contributed by atoms with Gasteiger partial charge in [-0.15, -0.1) is 11.8 Å². The van der Waals surface area contributed by atoms with Crippen molar-refractivity contribution < 1.29 is 19.1 Å². The fourth-order valence-electron chi connectivity index (χ4n) is 2.97. The smallest absolute Gasteiger partial charge is 0.305 e. The van der Waals surface area contributed by atoms with Crippen LogP contribution >= 0.6 is 11.8 Å². The second-order valence-corrected chi connectivity index (χ2v) is 7.15. The Kier molecular flexibility index (Phi) is 4.26. The lowest BCUT2D eigenvalue weighted by Crippen LogP contribution is -2.26. The van der Waals surface area contributed by atoms with Gasteiger partial charge in [0.1, 0.15) is 5.69 Å². The molecule has 4 rings (SSSR count). The van der Waals surface area contributed by atoms with Crippen molar-refractivity contribution in [1.29, 1.82) is 0 Å². The maximum absolute atomic E-state index is 12.5. The van der Waals surface area contributed by atoms with Gasteiger partial charge >= 0.3 is 5.97 Å². The average Bonchev–Trinajstić information content (AvgIpc) is 3.26. The normalized spacial score (nSPS) is 19.5. The SMILES string of the molecule is O=C(O)CC1SC(c2ccccc2)c2c(n[nH]c2-c2ccco2)NC1=O. The first-order chi connectivity index (χ1) is 12.6. The first kappa shape index (κ1) is 16.5. The predicted molar refractivity (Wildman–Crippen MR) is 96.8 cm³/mol. The van der Waals surface area contributed by atoms with Gasteiger partial charge in [0, 0.05) is 5.56 Å². The summed E-state index contributed by atoms with van der Waals surface area (Å²) >= 11 is 1.31. The first-order valence-electron chi connectivity index (χ1n) is 7.98. The van der Waals surface area contributed by atoms with E-state index in [-0.39, 0.29) is 17.6 Å². The van der Waals surface area contributed by atoms with Crippen LogP contribution in [0.15, 0.2) is 53.1 Å². The van der Waals surface area contributed by atoms with Crippen molar-refractivity contribution in [3.05, 3.63) is 59.9 Å². The van der Waals surface area contributed by atoms with Crippen LogP contribution in [0.3, 0.4) is 0 Å². The molecule has 2 aromatic heterocycles. The van der Waals surface area contributed by atoms with Crippen LogP contribution in [0.5, 0.6) is 0 Å². The molecule has 1 amide bonds. The molecule has 2 unspecified atom stereocenters. The van der Waals surface area contributed by atoms with Crippen LogP contribution in [-0.4, -0.2) is 32.4 Å². The van der Waals surface area contributed by atoms with Crippen LogP contribution in [0.2, 0.25) is 0 Å². The summed E-state index contributed by atoms with van der Waals surface area (Å²) in [5.41, 5.74) is 2.40. The van der Waals surface area contributed by atoms with E-state index in [4.69, 9.17) is 4.42 Å². The van der Waals surface area contributed by atoms with E-state index in [2.05, 4.69) is 15.5 Å². The molecule has 0 radical (unpaired) electrons. The summed E-state index contributed by atoms with van der Waals surface area (Å²) in [5.74, 6) is -0.381. The Bertz CT molecular complexity index is 937. The molecular formula is C18H15N3O4S. The predicted octanol–water partition coefficient (Wildman–Crippen LogP) is 3.29. The topological polar surface area (TPSA) is 108 Å². The fourth-order valence-corrected chi connectivity index (χ4v) is 4.40. The number of furan rings is 1. The van der Waals surface area contributed by atoms with E-state index in [0.717, 1.165) is 11.1 Å². The van der Waals surface area contributed by atoms with Crippen LogP contribution in [-0.2, 0) is 9.59 Å². The number of amides is 1. The molecule has 0 spiro atoms. The molecule has 1 aliphatic heterocycles. The highest BCUT2D eigenvalue weighted by atomic mass is 32.2. The number of anilines is 1. The van der Waals surface area contributed by atoms with Crippen molar-refractivity contribution in [2.24, 2.45) is 0 Å². The maximum Gasteiger partial charge on any atom is 0.305 e. The lowest BCUT2D eigenvalue weighted by atomic mass is 10.0. The monoisotopic (exact) mass is 369 g/mol. The number of carbonyl (C=O) groups is 2. The third kappa shape index (κ3) is 2.99. The third-order valence-electron chi connectivity index (χ3n) is 4.13. The zero-order valence-electron chi connectivity index (χ0n) is 13.5. The Balaban J connectivity index is 1.85. The number of hydrogen-bond donors (Lipinski definition) is 3. The van der Waals surface area contributed by atoms with Gasteiger partial charge in [-0.05, 0) is 17.7 Å². The first-order valence-corrected chi connectivity index (χ1v) is 8.93. The third-order valence-corrected chi connectivity index (χ3v) is 5.62. The molecule has 0 saturated carbocycles. The molecule has 0 bridgehead atoms. The second kappa shape index (κ2) is 6.72. The summed E-state index contributed by atoms with van der Waals surface area (Å²) in [6.45, 7) is 0. The summed E-state index contributed by atoms with van der Waals surface area (Å²) < 4.78 is 5.50. The lowest BCUT2D eigenvalue weighted by molar-refractivity contribution is -0.138. The number of nitrogens with one attached hydrogen (secondary N) is 2. The van der Waals surface area contributed by atoms with E-state index in [1.807, 2.05) is 36.4 Å². The van der Waals surface area contributed by atoms with Crippen molar-refractivity contribution in [2.75, 3.05) is 5.32 Å². The number of aromatic amines is 1. The molecule has 3 heterocycles. The quantitative estimate of drug-likeness (QED) is 0.651. The maximum atomic E-state index is 12.5. The number of H-pyrrole nitrogens is 1. The molecule has 1 aromatic carbocycles. The van der Waals surface area contributed by atoms with Gasteiger partial charge < -0.3 is 14.8 Å². The summed E-state index contributed by atoms with van der Waals surface area (Å²) in [5, 5.41) is 18.1. The van der Waals surface area contributed by atoms with Crippen molar-refractivity contribution in [2.45, 2.75) is 16.9 Å². The van der Waals surface area contributed by atoms with E-state index in [1.54, 1.807) is 12.3 Å². The molecular weight excluding hydrogens is 354 g/mol. The Labute approximate surface area is 152 Å². The van der Waals surface area contributed by atoms with Crippen LogP contribution in [0.25, 0.3) is 11.5 Å². The Morgan fingerprint density at radius 2 is 2.04 bits per heavy atom. The molecule has 7 nitrogen and oxygen atoms in total. The molecule has 132 valence electrons. The molecule has 1 aliphatic rings. The fraction of sp³-hybridized carbons (Fsp3) is 0.167. The zero-order valence-corrected chi connectivity index (χ0v) is 14.3. The summed E-state index contributed by atoms with van der Waals surface area (Å²) in [6.07, 6.45) is 1.31. The van der Waals surface area contributed by atoms with Gasteiger partial charge in [-0.2, -0.15) is 5.10 Å². The molecule has 3 aromatic rings. The van der Waals surface area contributed by atoms with Crippen molar-refractivity contribution in [3.8, 4) is 11.5 Å². The van der Waals surface area contributed by atoms with E-state index >= 15 is 0 Å². The molecule has 2 atom stereocenters. The number of nitrogens with zero attached hydrogens (tertiary/aromatic N) is 1. The number of hydrogen-bond acceptors (Lipinski definition) is 5. The Morgan fingerprint density at radius 1 is 1.23 bits per heavy atom. The highest BCUT2D eigenvalue weighted by Crippen LogP contribution is 2.47. The van der Waals surface area contributed by atoms with Crippen LogP contribution in [0.4, 0.5) is 5.82 Å². The number of carboxylic acids is 1. The molecule has 0 aliphatic carbocycles. The molecule has 0 fully saturated rings. The number of benzene rings is 1. The number of aliphatic carboxylic acids is 1. The van der Waals surface area contributed by atoms with Crippen LogP contribution in [0.1, 0.15) is 22.8 Å². The van der Waals surface area contributed by atoms with E-state index in [0.29, 0.717) is 17.3 Å². The largest absolute Gasteiger partial charge is 0.481 e. The zero-order chi connectivity index (χ0) is 18.1. The minimum absolute atomic E-state index is 0.260. The highest BCUT2D eigenvalue weighted by molar-refractivity contribution is 8.01. The van der Waals surface area contributed by atoms with Gasteiger partial charge in [0.15, 0.2) is 11.6 Å². The number of thioether (sulfide) groups is 1. The standard InChI is InChI=1S/C18H15N3O4S/c22-13(23)9-12-18(24)19-17-14(15(20-21-17)11-7-4-8-25-11)16(26-12)10-5-2-1-3-6-10/h1-8,12,16H,9H2,(H,22,23)(H2,19,20,21,24). The molecule has 3 N–H and O–H groups in total. The van der Waals surface area contributed by atoms with E-state index < -0.39 is 11.2 Å². The van der Waals surface area contributed by atoms with Crippen LogP contribution < -0.4 is 5.32 Å². The minimum Gasteiger partial charge on any atom is -0.481 e. The van der Waals surface area contributed by atoms with Crippen LogP contribution in [0, 0.1) is 0 Å². The number of carbonyl (C=O) groups excluding carboxylic acids is 1. The number of fused-ring (bicyclic) bond motifs is 1. The van der Waals surface area contributed by atoms with Gasteiger partial charge in [0.05, 0.1) is 23.2 Å². The molecule has 26 heavy (non-hydrogen) atoms. The number of rotatable bonds is 4. The Morgan fingerprint density at radius 3 is 2.73 bits per heavy atom. The van der Waals surface area contributed by atoms with E-state index in [9.17, 15) is 14.7 Å². The second-order valence-electron chi connectivity index (χ2n) is 5.84. The summed E-state index contributed by atoms with van der Waals surface area (Å²) in [4.78, 5) is 23.7. The summed E-state index contributed by atoms with van der Waals surface area (Å²) in [6, 6.07) is 13.2. The minimum atomic E-state index is -1.02.